The molecule has 1 aromatic carbocycles. The lowest BCUT2D eigenvalue weighted by atomic mass is 10.2. The second-order valence-electron chi connectivity index (χ2n) is 3.37. The molecule has 90 valence electrons. The van der Waals surface area contributed by atoms with E-state index in [2.05, 4.69) is 5.32 Å². The second-order valence-corrected chi connectivity index (χ2v) is 3.37. The van der Waals surface area contributed by atoms with Gasteiger partial charge in [0, 0.05) is 12.1 Å². The lowest BCUT2D eigenvalue weighted by Gasteiger charge is -2.12. The molecule has 0 aliphatic carbocycles. The number of benzene rings is 1. The molecule has 1 rings (SSSR count). The predicted octanol–water partition coefficient (Wildman–Crippen LogP) is 2.15. The lowest BCUT2D eigenvalue weighted by molar-refractivity contribution is 0.350. The Bertz CT molecular complexity index is 318. The fourth-order valence-electron chi connectivity index (χ4n) is 1.51. The van der Waals surface area contributed by atoms with E-state index in [9.17, 15) is 4.39 Å². The molecular weight excluding hydrogens is 209 g/mol. The summed E-state index contributed by atoms with van der Waals surface area (Å²) < 4.78 is 22.4. The van der Waals surface area contributed by atoms with Gasteiger partial charge in [-0.05, 0) is 19.0 Å². The van der Waals surface area contributed by atoms with Crippen LogP contribution in [0.3, 0.4) is 0 Å². The van der Waals surface area contributed by atoms with Crippen LogP contribution in [0, 0.1) is 0 Å². The van der Waals surface area contributed by atoms with Crippen LogP contribution >= 0.6 is 0 Å². The summed E-state index contributed by atoms with van der Waals surface area (Å²) in [4.78, 5) is 0. The molecule has 0 aliphatic rings. The van der Waals surface area contributed by atoms with Crippen LogP contribution in [0.5, 0.6) is 11.5 Å². The minimum Gasteiger partial charge on any atom is -0.493 e. The molecule has 0 saturated carbocycles. The Morgan fingerprint density at radius 1 is 1.25 bits per heavy atom. The van der Waals surface area contributed by atoms with Crippen LogP contribution in [-0.2, 0) is 6.54 Å². The van der Waals surface area contributed by atoms with E-state index in [-0.39, 0.29) is 6.67 Å². The largest absolute Gasteiger partial charge is 0.493 e. The highest BCUT2D eigenvalue weighted by atomic mass is 19.1. The van der Waals surface area contributed by atoms with Crippen molar-refractivity contribution < 1.29 is 13.9 Å². The third-order valence-corrected chi connectivity index (χ3v) is 2.29. The van der Waals surface area contributed by atoms with Gasteiger partial charge in [0.05, 0.1) is 20.9 Å². The van der Waals surface area contributed by atoms with E-state index in [1.165, 1.54) is 0 Å². The van der Waals surface area contributed by atoms with Gasteiger partial charge in [-0.25, -0.2) is 0 Å². The maximum absolute atomic E-state index is 11.9. The van der Waals surface area contributed by atoms with Crippen molar-refractivity contribution in [3.63, 3.8) is 0 Å². The summed E-state index contributed by atoms with van der Waals surface area (Å²) in [6.45, 7) is 1.03. The molecule has 0 unspecified atom stereocenters. The van der Waals surface area contributed by atoms with E-state index in [4.69, 9.17) is 9.47 Å². The summed E-state index contributed by atoms with van der Waals surface area (Å²) in [7, 11) is 3.22. The molecular formula is C12H18FNO2. The first kappa shape index (κ1) is 12.8. The Hall–Kier alpha value is -1.29. The number of hydrogen-bond acceptors (Lipinski definition) is 3. The number of nitrogens with one attached hydrogen (secondary N) is 1. The van der Waals surface area contributed by atoms with Crippen LogP contribution in [0.25, 0.3) is 0 Å². The van der Waals surface area contributed by atoms with Crippen LogP contribution in [0.1, 0.15) is 12.0 Å². The summed E-state index contributed by atoms with van der Waals surface area (Å²) in [6, 6.07) is 5.72. The van der Waals surface area contributed by atoms with E-state index in [1.807, 2.05) is 18.2 Å². The van der Waals surface area contributed by atoms with Crippen molar-refractivity contribution in [2.75, 3.05) is 27.4 Å². The minimum absolute atomic E-state index is 0.289. The Balaban J connectivity index is 2.63. The van der Waals surface area contributed by atoms with Crippen LogP contribution in [0.2, 0.25) is 0 Å². The fourth-order valence-corrected chi connectivity index (χ4v) is 1.51. The van der Waals surface area contributed by atoms with E-state index in [0.717, 1.165) is 11.3 Å². The van der Waals surface area contributed by atoms with Gasteiger partial charge >= 0.3 is 0 Å². The van der Waals surface area contributed by atoms with Crippen molar-refractivity contribution >= 4 is 0 Å². The number of alkyl halides is 1. The Morgan fingerprint density at radius 2 is 2.06 bits per heavy atom. The first-order chi connectivity index (χ1) is 7.83. The summed E-state index contributed by atoms with van der Waals surface area (Å²) in [6.07, 6.45) is 0.534. The maximum atomic E-state index is 11.9. The van der Waals surface area contributed by atoms with E-state index < -0.39 is 0 Å². The van der Waals surface area contributed by atoms with Crippen molar-refractivity contribution in [2.24, 2.45) is 0 Å². The molecule has 0 spiro atoms. The molecule has 0 amide bonds. The summed E-state index contributed by atoms with van der Waals surface area (Å²) in [5, 5.41) is 3.15. The third kappa shape index (κ3) is 3.38. The Morgan fingerprint density at radius 3 is 2.69 bits per heavy atom. The number of para-hydroxylation sites is 1. The normalized spacial score (nSPS) is 10.2. The SMILES string of the molecule is COc1cccc(CNCCCF)c1OC. The zero-order chi connectivity index (χ0) is 11.8. The van der Waals surface area contributed by atoms with E-state index in [0.29, 0.717) is 25.3 Å². The average Bonchev–Trinajstić information content (AvgIpc) is 2.34. The Kier molecular flexibility index (Phi) is 5.64. The van der Waals surface area contributed by atoms with E-state index >= 15 is 0 Å². The van der Waals surface area contributed by atoms with Crippen molar-refractivity contribution in [3.8, 4) is 11.5 Å². The molecule has 1 N–H and O–H groups in total. The molecule has 0 fully saturated rings. The minimum atomic E-state index is -0.289. The zero-order valence-electron chi connectivity index (χ0n) is 9.75. The molecule has 0 atom stereocenters. The molecule has 0 saturated heterocycles. The first-order valence-electron chi connectivity index (χ1n) is 5.30. The molecule has 3 nitrogen and oxygen atoms in total. The predicted molar refractivity (Wildman–Crippen MR) is 61.8 cm³/mol. The smallest absolute Gasteiger partial charge is 0.165 e. The number of ether oxygens (including phenoxy) is 2. The molecule has 0 aromatic heterocycles. The van der Waals surface area contributed by atoms with Gasteiger partial charge in [0.25, 0.3) is 0 Å². The van der Waals surface area contributed by atoms with Crippen LogP contribution in [0.4, 0.5) is 4.39 Å². The average molecular weight is 227 g/mol. The topological polar surface area (TPSA) is 30.5 Å². The zero-order valence-corrected chi connectivity index (χ0v) is 9.75. The molecule has 0 bridgehead atoms. The van der Waals surface area contributed by atoms with Crippen molar-refractivity contribution in [2.45, 2.75) is 13.0 Å². The second kappa shape index (κ2) is 7.06. The third-order valence-electron chi connectivity index (χ3n) is 2.29. The summed E-state index contributed by atoms with van der Waals surface area (Å²) >= 11 is 0. The lowest BCUT2D eigenvalue weighted by Crippen LogP contribution is -2.15. The van der Waals surface area contributed by atoms with E-state index in [1.54, 1.807) is 14.2 Å². The Labute approximate surface area is 95.6 Å². The number of hydrogen-bond donors (Lipinski definition) is 1. The molecule has 0 heterocycles. The van der Waals surface area contributed by atoms with Gasteiger partial charge in [-0.1, -0.05) is 12.1 Å². The number of halogens is 1. The summed E-state index contributed by atoms with van der Waals surface area (Å²) in [5.74, 6) is 1.45. The van der Waals surface area contributed by atoms with Gasteiger partial charge in [0.2, 0.25) is 0 Å². The van der Waals surface area contributed by atoms with Gasteiger partial charge in [-0.15, -0.1) is 0 Å². The van der Waals surface area contributed by atoms with Gasteiger partial charge < -0.3 is 14.8 Å². The van der Waals surface area contributed by atoms with Gasteiger partial charge in [-0.2, -0.15) is 0 Å². The fraction of sp³-hybridized carbons (Fsp3) is 0.500. The first-order valence-corrected chi connectivity index (χ1v) is 5.30. The van der Waals surface area contributed by atoms with Crippen LogP contribution < -0.4 is 14.8 Å². The van der Waals surface area contributed by atoms with Crippen LogP contribution in [0.15, 0.2) is 18.2 Å². The molecule has 1 aromatic rings. The highest BCUT2D eigenvalue weighted by Gasteiger charge is 2.08. The standard InChI is InChI=1S/C12H18FNO2/c1-15-11-6-3-5-10(12(11)16-2)9-14-8-4-7-13/h3,5-6,14H,4,7-9H2,1-2H3. The van der Waals surface area contributed by atoms with Gasteiger partial charge in [-0.3, -0.25) is 4.39 Å². The summed E-state index contributed by atoms with van der Waals surface area (Å²) in [5.41, 5.74) is 1.01. The highest BCUT2D eigenvalue weighted by Crippen LogP contribution is 2.30. The van der Waals surface area contributed by atoms with Gasteiger partial charge in [0.1, 0.15) is 0 Å². The molecule has 0 aliphatic heterocycles. The van der Waals surface area contributed by atoms with Crippen molar-refractivity contribution in [1.29, 1.82) is 0 Å². The van der Waals surface area contributed by atoms with Crippen molar-refractivity contribution in [3.05, 3.63) is 23.8 Å². The highest BCUT2D eigenvalue weighted by molar-refractivity contribution is 5.46. The van der Waals surface area contributed by atoms with Gasteiger partial charge in [0.15, 0.2) is 11.5 Å². The monoisotopic (exact) mass is 227 g/mol. The maximum Gasteiger partial charge on any atom is 0.165 e. The van der Waals surface area contributed by atoms with Crippen LogP contribution in [-0.4, -0.2) is 27.4 Å². The number of rotatable bonds is 7. The quantitative estimate of drug-likeness (QED) is 0.724. The number of methoxy groups -OCH3 is 2. The molecule has 16 heavy (non-hydrogen) atoms. The molecule has 0 radical (unpaired) electrons. The molecule has 4 heteroatoms. The van der Waals surface area contributed by atoms with Crippen molar-refractivity contribution in [1.82, 2.24) is 5.32 Å².